The molecule has 1 atom stereocenters. The Kier molecular flexibility index (Phi) is 3.23. The molecule has 0 aliphatic rings. The highest BCUT2D eigenvalue weighted by Gasteiger charge is 2.05. The molecular formula is C10H13BrN2S. The maximum atomic E-state index is 4.55. The van der Waals surface area contributed by atoms with Gasteiger partial charge >= 0.3 is 0 Å². The van der Waals surface area contributed by atoms with E-state index in [0.29, 0.717) is 0 Å². The van der Waals surface area contributed by atoms with Gasteiger partial charge in [-0.25, -0.2) is 4.98 Å². The molecule has 1 unspecified atom stereocenters. The number of hydrogen-bond donors (Lipinski definition) is 0. The second-order valence-electron chi connectivity index (χ2n) is 3.62. The highest BCUT2D eigenvalue weighted by molar-refractivity contribution is 9.09. The molecule has 2 rings (SSSR count). The van der Waals surface area contributed by atoms with E-state index in [1.165, 1.54) is 12.1 Å². The first-order valence-corrected chi connectivity index (χ1v) is 6.76. The molecule has 0 N–H and O–H groups in total. The third-order valence-corrected chi connectivity index (χ3v) is 4.18. The Hall–Kier alpha value is -0.350. The number of rotatable bonds is 4. The molecule has 0 radical (unpaired) electrons. The molecule has 4 heteroatoms. The standard InChI is InChI=1S/C10H13BrN2S/c1-8(6-11)2-3-9-7-13-4-5-14-10(13)12-9/h4-5,7-8H,2-3,6H2,1H3. The summed E-state index contributed by atoms with van der Waals surface area (Å²) in [6.45, 7) is 2.26. The van der Waals surface area contributed by atoms with Gasteiger partial charge < -0.3 is 0 Å². The lowest BCUT2D eigenvalue weighted by atomic mass is 10.1. The van der Waals surface area contributed by atoms with Crippen molar-refractivity contribution < 1.29 is 0 Å². The minimum atomic E-state index is 0.731. The minimum absolute atomic E-state index is 0.731. The van der Waals surface area contributed by atoms with Crippen LogP contribution in [0.3, 0.4) is 0 Å². The number of nitrogens with zero attached hydrogens (tertiary/aromatic N) is 2. The van der Waals surface area contributed by atoms with E-state index in [-0.39, 0.29) is 0 Å². The molecular weight excluding hydrogens is 260 g/mol. The van der Waals surface area contributed by atoms with Crippen LogP contribution in [0.25, 0.3) is 4.96 Å². The van der Waals surface area contributed by atoms with Crippen molar-refractivity contribution in [2.75, 3.05) is 5.33 Å². The first kappa shape index (κ1) is 10.2. The maximum absolute atomic E-state index is 4.55. The van der Waals surface area contributed by atoms with E-state index >= 15 is 0 Å². The second kappa shape index (κ2) is 4.45. The zero-order valence-electron chi connectivity index (χ0n) is 8.11. The first-order chi connectivity index (χ1) is 6.79. The van der Waals surface area contributed by atoms with Gasteiger partial charge in [-0.3, -0.25) is 4.40 Å². The number of imidazole rings is 1. The number of thiazole rings is 1. The number of aryl methyl sites for hydroxylation is 1. The van der Waals surface area contributed by atoms with Crippen LogP contribution in [0.15, 0.2) is 17.8 Å². The van der Waals surface area contributed by atoms with E-state index in [1.807, 2.05) is 0 Å². The lowest BCUT2D eigenvalue weighted by molar-refractivity contribution is 0.595. The van der Waals surface area contributed by atoms with Crippen molar-refractivity contribution in [3.05, 3.63) is 23.5 Å². The Morgan fingerprint density at radius 3 is 3.21 bits per heavy atom. The van der Waals surface area contributed by atoms with Crippen LogP contribution < -0.4 is 0 Å². The van der Waals surface area contributed by atoms with Crippen LogP contribution in [0, 0.1) is 5.92 Å². The van der Waals surface area contributed by atoms with Crippen molar-refractivity contribution in [1.82, 2.24) is 9.38 Å². The van der Waals surface area contributed by atoms with E-state index in [4.69, 9.17) is 0 Å². The number of halogens is 1. The maximum Gasteiger partial charge on any atom is 0.193 e. The van der Waals surface area contributed by atoms with Gasteiger partial charge in [-0.05, 0) is 18.8 Å². The van der Waals surface area contributed by atoms with E-state index in [9.17, 15) is 0 Å². The fourth-order valence-electron chi connectivity index (χ4n) is 1.37. The molecule has 0 aliphatic heterocycles. The normalized spacial score (nSPS) is 13.6. The van der Waals surface area contributed by atoms with Gasteiger partial charge in [0, 0.05) is 23.1 Å². The van der Waals surface area contributed by atoms with Crippen molar-refractivity contribution in [3.63, 3.8) is 0 Å². The molecule has 0 aliphatic carbocycles. The molecule has 0 amide bonds. The van der Waals surface area contributed by atoms with Crippen LogP contribution in [0.5, 0.6) is 0 Å². The zero-order chi connectivity index (χ0) is 9.97. The minimum Gasteiger partial charge on any atom is -0.297 e. The Balaban J connectivity index is 2.01. The number of fused-ring (bicyclic) bond motifs is 1. The molecule has 14 heavy (non-hydrogen) atoms. The van der Waals surface area contributed by atoms with E-state index in [0.717, 1.165) is 22.6 Å². The zero-order valence-corrected chi connectivity index (χ0v) is 10.5. The van der Waals surface area contributed by atoms with Crippen LogP contribution in [-0.2, 0) is 6.42 Å². The van der Waals surface area contributed by atoms with Gasteiger partial charge in [0.2, 0.25) is 0 Å². The SMILES string of the molecule is CC(CBr)CCc1cn2ccsc2n1. The van der Waals surface area contributed by atoms with Crippen LogP contribution in [0.1, 0.15) is 19.0 Å². The molecule has 76 valence electrons. The van der Waals surface area contributed by atoms with Crippen molar-refractivity contribution in [1.29, 1.82) is 0 Å². The molecule has 2 nitrogen and oxygen atoms in total. The summed E-state index contributed by atoms with van der Waals surface area (Å²) < 4.78 is 2.10. The molecule has 0 spiro atoms. The average molecular weight is 273 g/mol. The summed E-state index contributed by atoms with van der Waals surface area (Å²) in [7, 11) is 0. The van der Waals surface area contributed by atoms with E-state index < -0.39 is 0 Å². The summed E-state index contributed by atoms with van der Waals surface area (Å²) in [5, 5.41) is 3.14. The van der Waals surface area contributed by atoms with Gasteiger partial charge in [0.15, 0.2) is 4.96 Å². The van der Waals surface area contributed by atoms with Crippen molar-refractivity contribution in [2.24, 2.45) is 5.92 Å². The van der Waals surface area contributed by atoms with Gasteiger partial charge in [0.1, 0.15) is 0 Å². The summed E-state index contributed by atoms with van der Waals surface area (Å²) in [5.41, 5.74) is 1.21. The monoisotopic (exact) mass is 272 g/mol. The summed E-state index contributed by atoms with van der Waals surface area (Å²) in [5.74, 6) is 0.731. The van der Waals surface area contributed by atoms with Crippen LogP contribution in [0.2, 0.25) is 0 Å². The molecule has 0 bridgehead atoms. The third-order valence-electron chi connectivity index (χ3n) is 2.30. The lowest BCUT2D eigenvalue weighted by Crippen LogP contribution is -1.98. The molecule has 0 aromatic carbocycles. The molecule has 0 fully saturated rings. The van der Waals surface area contributed by atoms with Crippen molar-refractivity contribution in [2.45, 2.75) is 19.8 Å². The highest BCUT2D eigenvalue weighted by atomic mass is 79.9. The average Bonchev–Trinajstić information content (AvgIpc) is 2.73. The fourth-order valence-corrected chi connectivity index (χ4v) is 2.41. The highest BCUT2D eigenvalue weighted by Crippen LogP contribution is 2.15. The molecule has 2 heterocycles. The largest absolute Gasteiger partial charge is 0.297 e. The second-order valence-corrected chi connectivity index (χ2v) is 5.14. The Morgan fingerprint density at radius 1 is 1.64 bits per heavy atom. The van der Waals surface area contributed by atoms with Crippen LogP contribution in [0.4, 0.5) is 0 Å². The third kappa shape index (κ3) is 2.17. The molecule has 2 aromatic rings. The van der Waals surface area contributed by atoms with Crippen LogP contribution in [-0.4, -0.2) is 14.7 Å². The number of hydrogen-bond acceptors (Lipinski definition) is 2. The van der Waals surface area contributed by atoms with E-state index in [2.05, 4.69) is 50.0 Å². The molecule has 0 saturated carbocycles. The predicted octanol–water partition coefficient (Wildman–Crippen LogP) is 3.36. The lowest BCUT2D eigenvalue weighted by Gasteiger charge is -2.03. The number of alkyl halides is 1. The van der Waals surface area contributed by atoms with Crippen LogP contribution >= 0.6 is 27.3 Å². The number of aromatic nitrogens is 2. The fraction of sp³-hybridized carbons (Fsp3) is 0.500. The summed E-state index contributed by atoms with van der Waals surface area (Å²) >= 11 is 5.18. The van der Waals surface area contributed by atoms with Gasteiger partial charge in [-0.1, -0.05) is 22.9 Å². The van der Waals surface area contributed by atoms with E-state index in [1.54, 1.807) is 11.3 Å². The molecule has 2 aromatic heterocycles. The summed E-state index contributed by atoms with van der Waals surface area (Å²) in [4.78, 5) is 5.65. The predicted molar refractivity (Wildman–Crippen MR) is 64.3 cm³/mol. The van der Waals surface area contributed by atoms with Gasteiger partial charge in [-0.15, -0.1) is 11.3 Å². The Morgan fingerprint density at radius 2 is 2.50 bits per heavy atom. The van der Waals surface area contributed by atoms with Crippen molar-refractivity contribution >= 4 is 32.2 Å². The van der Waals surface area contributed by atoms with Gasteiger partial charge in [0.05, 0.1) is 5.69 Å². The first-order valence-electron chi connectivity index (χ1n) is 4.76. The summed E-state index contributed by atoms with van der Waals surface area (Å²) in [6, 6.07) is 0. The smallest absolute Gasteiger partial charge is 0.193 e. The van der Waals surface area contributed by atoms with Gasteiger partial charge in [0.25, 0.3) is 0 Å². The summed E-state index contributed by atoms with van der Waals surface area (Å²) in [6.07, 6.45) is 6.48. The quantitative estimate of drug-likeness (QED) is 0.781. The topological polar surface area (TPSA) is 17.3 Å². The Bertz CT molecular complexity index is 378. The molecule has 0 saturated heterocycles. The Labute approximate surface area is 96.1 Å². The van der Waals surface area contributed by atoms with Crippen molar-refractivity contribution in [3.8, 4) is 0 Å². The van der Waals surface area contributed by atoms with Gasteiger partial charge in [-0.2, -0.15) is 0 Å².